The van der Waals surface area contributed by atoms with Gasteiger partial charge in [0.15, 0.2) is 0 Å². The highest BCUT2D eigenvalue weighted by Crippen LogP contribution is 2.31. The van der Waals surface area contributed by atoms with Gasteiger partial charge < -0.3 is 42.1 Å². The smallest absolute Gasteiger partial charge is 0.251 e. The maximum atomic E-state index is 12.6. The molecular weight excluding hydrogens is 1320 g/mol. The third-order valence-corrected chi connectivity index (χ3v) is 21.3. The second kappa shape index (κ2) is 41.6. The number of benzene rings is 9. The number of amides is 5. The maximum absolute atomic E-state index is 12.6. The van der Waals surface area contributed by atoms with Crippen molar-refractivity contribution in [3.05, 3.63) is 285 Å². The second-order valence-corrected chi connectivity index (χ2v) is 28.8. The highest BCUT2D eigenvalue weighted by Gasteiger charge is 2.28. The molecular formula is C93H109N9O5. The molecule has 0 unspecified atom stereocenters. The fourth-order valence-electron chi connectivity index (χ4n) is 15.5. The van der Waals surface area contributed by atoms with Crippen LogP contribution in [0.1, 0.15) is 189 Å². The van der Waals surface area contributed by atoms with Crippen LogP contribution in [0.5, 0.6) is 0 Å². The first-order chi connectivity index (χ1) is 52.3. The number of rotatable bonds is 32. The predicted octanol–water partition coefficient (Wildman–Crippen LogP) is 16.5. The monoisotopic (exact) mass is 1430 g/mol. The lowest BCUT2D eigenvalue weighted by atomic mass is 9.84. The van der Waals surface area contributed by atoms with Crippen molar-refractivity contribution in [1.82, 2.24) is 30.7 Å². The van der Waals surface area contributed by atoms with E-state index >= 15 is 0 Å². The summed E-state index contributed by atoms with van der Waals surface area (Å²) < 4.78 is 0. The van der Waals surface area contributed by atoms with Crippen molar-refractivity contribution in [2.24, 2.45) is 11.5 Å². The molecule has 0 aromatic heterocycles. The van der Waals surface area contributed by atoms with Gasteiger partial charge in [0.25, 0.3) is 17.7 Å². The van der Waals surface area contributed by atoms with Crippen LogP contribution in [-0.4, -0.2) is 121 Å². The Bertz CT molecular complexity index is 4230. The lowest BCUT2D eigenvalue weighted by molar-refractivity contribution is 0.0943. The van der Waals surface area contributed by atoms with Gasteiger partial charge in [-0.3, -0.25) is 24.0 Å². The molecule has 0 spiro atoms. The average molecular weight is 1430 g/mol. The topological polar surface area (TPSA) is 207 Å². The van der Waals surface area contributed by atoms with Crippen LogP contribution >= 0.6 is 0 Å². The summed E-state index contributed by atoms with van der Waals surface area (Å²) in [5.41, 5.74) is 29.7. The molecule has 14 heteroatoms. The number of carbonyl (C=O) groups is 5. The number of aryl methyl sites for hydroxylation is 2. The summed E-state index contributed by atoms with van der Waals surface area (Å²) >= 11 is 0. The van der Waals surface area contributed by atoms with Gasteiger partial charge in [-0.1, -0.05) is 172 Å². The number of nitrogens with one attached hydrogen (secondary N) is 3. The molecule has 556 valence electrons. The largest absolute Gasteiger partial charge is 0.366 e. The molecule has 0 bridgehead atoms. The molecule has 14 nitrogen and oxygen atoms in total. The van der Waals surface area contributed by atoms with Crippen LogP contribution in [0, 0.1) is 11.3 Å². The number of nitriles is 1. The van der Waals surface area contributed by atoms with Crippen LogP contribution in [0.3, 0.4) is 0 Å². The molecule has 0 radical (unpaired) electrons. The summed E-state index contributed by atoms with van der Waals surface area (Å²) in [6.07, 6.45) is 18.7. The fraction of sp³-hybridized carbons (Fsp3) is 0.355. The van der Waals surface area contributed by atoms with Crippen LogP contribution in [0.15, 0.2) is 218 Å². The van der Waals surface area contributed by atoms with E-state index in [2.05, 4.69) is 118 Å². The van der Waals surface area contributed by atoms with Crippen molar-refractivity contribution in [2.45, 2.75) is 154 Å². The Balaban J connectivity index is 0.000000172. The molecule has 0 saturated heterocycles. The first-order valence-electron chi connectivity index (χ1n) is 39.2. The Labute approximate surface area is 635 Å². The zero-order valence-corrected chi connectivity index (χ0v) is 63.1. The molecule has 3 aliphatic rings. The van der Waals surface area contributed by atoms with Crippen molar-refractivity contribution < 1.29 is 24.0 Å². The van der Waals surface area contributed by atoms with Crippen LogP contribution in [-0.2, 0) is 38.5 Å². The number of nitrogens with two attached hydrogens (primary N) is 2. The molecule has 7 N–H and O–H groups in total. The fourth-order valence-corrected chi connectivity index (χ4v) is 15.5. The summed E-state index contributed by atoms with van der Waals surface area (Å²) in [6.45, 7) is 15.1. The lowest BCUT2D eigenvalue weighted by Gasteiger charge is -2.35. The third-order valence-electron chi connectivity index (χ3n) is 21.3. The Morgan fingerprint density at radius 1 is 0.364 bits per heavy atom. The minimum atomic E-state index is -0.362. The summed E-state index contributed by atoms with van der Waals surface area (Å²) in [7, 11) is 0. The molecule has 0 saturated carbocycles. The van der Waals surface area contributed by atoms with Crippen molar-refractivity contribution in [3.63, 3.8) is 0 Å². The van der Waals surface area contributed by atoms with Crippen LogP contribution in [0.4, 0.5) is 0 Å². The summed E-state index contributed by atoms with van der Waals surface area (Å²) in [5.74, 6) is -0.733. The predicted molar refractivity (Wildman–Crippen MR) is 434 cm³/mol. The molecule has 12 rings (SSSR count). The van der Waals surface area contributed by atoms with E-state index in [1.165, 1.54) is 27.8 Å². The van der Waals surface area contributed by atoms with E-state index in [1.807, 2.05) is 158 Å². The minimum Gasteiger partial charge on any atom is -0.366 e. The van der Waals surface area contributed by atoms with Gasteiger partial charge in [0.05, 0.1) is 11.6 Å². The van der Waals surface area contributed by atoms with E-state index in [0.29, 0.717) is 65.6 Å². The summed E-state index contributed by atoms with van der Waals surface area (Å²) in [5, 5.41) is 18.4. The van der Waals surface area contributed by atoms with Gasteiger partial charge in [-0.15, -0.1) is 0 Å². The number of hydrogen-bond donors (Lipinski definition) is 5. The number of primary amides is 2. The summed E-state index contributed by atoms with van der Waals surface area (Å²) in [6, 6.07) is 75.7. The lowest BCUT2D eigenvalue weighted by Crippen LogP contribution is -2.41. The van der Waals surface area contributed by atoms with Gasteiger partial charge in [0.2, 0.25) is 11.8 Å². The van der Waals surface area contributed by atoms with Crippen molar-refractivity contribution >= 4 is 29.5 Å². The molecule has 0 aliphatic heterocycles. The van der Waals surface area contributed by atoms with Gasteiger partial charge >= 0.3 is 0 Å². The zero-order chi connectivity index (χ0) is 75.1. The minimum absolute atomic E-state index is 0.00403. The molecule has 3 atom stereocenters. The SMILES string of the molecule is CCCN(CCCCNC(=O)c1ccc(-c2ccccc2)cc1)[C@@H]1CCc2c(cccc2C(N)=O)C1.CCCN(CCCCNC(=O)c1ccc(-c2ccccc2)cc1)[C@@H]1CCc2cc(C#N)ccc2C1.CCCN(CCCCNC(=O)c1ccc(-c2ccccc2)cc1)[C@H]1CCc2ccc(C(N)=O)cc2C1. The Kier molecular flexibility index (Phi) is 30.8. The van der Waals surface area contributed by atoms with E-state index < -0.39 is 0 Å². The van der Waals surface area contributed by atoms with E-state index in [1.54, 1.807) is 0 Å². The molecule has 5 amide bonds. The Hall–Kier alpha value is -10.3. The molecule has 3 aliphatic carbocycles. The first kappa shape index (κ1) is 79.3. The average Bonchev–Trinajstić information content (AvgIpc) is 0.816. The van der Waals surface area contributed by atoms with Crippen molar-refractivity contribution in [3.8, 4) is 39.4 Å². The second-order valence-electron chi connectivity index (χ2n) is 28.8. The van der Waals surface area contributed by atoms with Gasteiger partial charge in [0, 0.05) is 65.6 Å². The molecule has 107 heavy (non-hydrogen) atoms. The normalized spacial score (nSPS) is 14.9. The van der Waals surface area contributed by atoms with Crippen LogP contribution < -0.4 is 27.4 Å². The first-order valence-corrected chi connectivity index (χ1v) is 39.2. The Morgan fingerprint density at radius 3 is 1.14 bits per heavy atom. The molecule has 9 aromatic rings. The van der Waals surface area contributed by atoms with Crippen molar-refractivity contribution in [2.75, 3.05) is 58.9 Å². The van der Waals surface area contributed by atoms with Gasteiger partial charge in [0.1, 0.15) is 0 Å². The number of hydrogen-bond acceptors (Lipinski definition) is 9. The van der Waals surface area contributed by atoms with Gasteiger partial charge in [-0.2, -0.15) is 5.26 Å². The highest BCUT2D eigenvalue weighted by atomic mass is 16.2. The van der Waals surface area contributed by atoms with E-state index in [9.17, 15) is 24.0 Å². The standard InChI is InChI=1S/2C31H37N3O2.C31H35N3O/c1-2-20-34(27-17-18-28-26(22-27)11-8-12-29(28)30(32)35)21-7-6-19-33-31(36)25-15-13-24(14-16-25)23-9-4-3-5-10-23;1-2-19-34(29-17-16-25-12-15-27(30(32)35)21-28(25)22-29)20-7-6-18-33-31(36)26-13-10-24(11-14-26)23-8-4-3-5-9-23;1-2-19-34(30-17-16-28-21-24(23-32)10-11-29(28)22-30)20-7-6-18-33-31(35)27-14-12-26(13-15-27)25-8-4-3-5-9-25/h3-5,8-16,27H,2,6-7,17-22H2,1H3,(H2,32,35)(H,33,36);3-5,8-15,21,29H,2,6-7,16-20,22H2,1H3,(H2,32,35)(H,33,36);3-5,8-15,21,30H,2,6-7,16-20,22H2,1H3,(H,33,35)/t27-;29-;30-/m101/s1. The molecule has 9 aromatic carbocycles. The number of carbonyl (C=O) groups excluding carboxylic acids is 5. The number of fused-ring (bicyclic) bond motifs is 3. The van der Waals surface area contributed by atoms with E-state index in [4.69, 9.17) is 16.7 Å². The van der Waals surface area contributed by atoms with Gasteiger partial charge in [-0.05, 0) is 288 Å². The quantitative estimate of drug-likeness (QED) is 0.0254. The highest BCUT2D eigenvalue weighted by molar-refractivity contribution is 5.97. The van der Waals surface area contributed by atoms with Crippen LogP contribution in [0.25, 0.3) is 33.4 Å². The van der Waals surface area contributed by atoms with Crippen LogP contribution in [0.2, 0.25) is 0 Å². The molecule has 0 heterocycles. The van der Waals surface area contributed by atoms with Gasteiger partial charge in [-0.25, -0.2) is 0 Å². The molecule has 0 fully saturated rings. The van der Waals surface area contributed by atoms with E-state index in [0.717, 1.165) is 199 Å². The zero-order valence-electron chi connectivity index (χ0n) is 63.1. The summed E-state index contributed by atoms with van der Waals surface area (Å²) in [4.78, 5) is 68.9. The third kappa shape index (κ3) is 23.3. The van der Waals surface area contributed by atoms with Crippen molar-refractivity contribution in [1.29, 1.82) is 5.26 Å². The number of unbranched alkanes of at least 4 members (excludes halogenated alkanes) is 3. The Morgan fingerprint density at radius 2 is 0.738 bits per heavy atom. The maximum Gasteiger partial charge on any atom is 0.251 e. The number of nitrogens with zero attached hydrogens (tertiary/aromatic N) is 4. The van der Waals surface area contributed by atoms with E-state index in [-0.39, 0.29) is 29.5 Å².